The molecule has 5 N–H and O–H groups in total. The third-order valence-corrected chi connectivity index (χ3v) is 5.20. The molecule has 1 saturated heterocycles. The van der Waals surface area contributed by atoms with Crippen LogP contribution in [0, 0.1) is 0 Å². The Balaban J connectivity index is 1.70. The molecule has 1 aliphatic rings. The molecule has 11 nitrogen and oxygen atoms in total. The summed E-state index contributed by atoms with van der Waals surface area (Å²) < 4.78 is 1.82. The summed E-state index contributed by atoms with van der Waals surface area (Å²) in [4.78, 5) is 33.9. The number of rotatable bonds is 9. The molecular formula is C21H30N8O3. The fourth-order valence-corrected chi connectivity index (χ4v) is 3.48. The largest absolute Gasteiger partial charge is 0.390 e. The summed E-state index contributed by atoms with van der Waals surface area (Å²) in [5.41, 5.74) is 5.41. The van der Waals surface area contributed by atoms with Crippen molar-refractivity contribution in [3.05, 3.63) is 36.8 Å². The summed E-state index contributed by atoms with van der Waals surface area (Å²) in [6, 6.07) is 0.0698. The molecule has 32 heavy (non-hydrogen) atoms. The Labute approximate surface area is 186 Å². The van der Waals surface area contributed by atoms with E-state index in [4.69, 9.17) is 5.73 Å². The molecule has 3 rings (SSSR count). The standard InChI is InChI=1S/C21H30N8O3/c1-4-17(30)28-9-5-6-15(13-28)29-12-14(10-25-29)26-20-24-11-16(18(22)31)19(27-20)23-8-7-21(2,3)32/h4,10-12,15,32H,1,5-9,13H2,2-3H3,(H2,22,31)(H2,23,24,26,27). The molecule has 2 aromatic rings. The average molecular weight is 443 g/mol. The van der Waals surface area contributed by atoms with Crippen molar-refractivity contribution in [1.82, 2.24) is 24.6 Å². The van der Waals surface area contributed by atoms with Crippen LogP contribution in [0.25, 0.3) is 0 Å². The van der Waals surface area contributed by atoms with E-state index in [0.717, 1.165) is 19.4 Å². The molecule has 3 heterocycles. The molecule has 172 valence electrons. The molecule has 2 amide bonds. The van der Waals surface area contributed by atoms with Crippen LogP contribution in [-0.4, -0.2) is 66.8 Å². The molecule has 1 fully saturated rings. The quantitative estimate of drug-likeness (QED) is 0.426. The van der Waals surface area contributed by atoms with E-state index in [9.17, 15) is 14.7 Å². The van der Waals surface area contributed by atoms with Crippen molar-refractivity contribution in [1.29, 1.82) is 0 Å². The van der Waals surface area contributed by atoms with Gasteiger partial charge in [-0.3, -0.25) is 14.3 Å². The van der Waals surface area contributed by atoms with Crippen LogP contribution in [0.2, 0.25) is 0 Å². The van der Waals surface area contributed by atoms with Crippen LogP contribution in [0.4, 0.5) is 17.5 Å². The average Bonchev–Trinajstić information content (AvgIpc) is 3.21. The Morgan fingerprint density at radius 3 is 2.88 bits per heavy atom. The predicted molar refractivity (Wildman–Crippen MR) is 121 cm³/mol. The molecule has 0 radical (unpaired) electrons. The zero-order valence-electron chi connectivity index (χ0n) is 18.4. The fraction of sp³-hybridized carbons (Fsp3) is 0.476. The molecule has 2 aromatic heterocycles. The van der Waals surface area contributed by atoms with E-state index in [1.54, 1.807) is 24.9 Å². The van der Waals surface area contributed by atoms with Gasteiger partial charge in [0.25, 0.3) is 5.91 Å². The number of hydrogen-bond acceptors (Lipinski definition) is 8. The number of carbonyl (C=O) groups excluding carboxylic acids is 2. The zero-order chi connectivity index (χ0) is 23.3. The Bertz CT molecular complexity index is 982. The molecular weight excluding hydrogens is 412 g/mol. The van der Waals surface area contributed by atoms with Crippen molar-refractivity contribution >= 4 is 29.3 Å². The molecule has 0 aliphatic carbocycles. The van der Waals surface area contributed by atoms with E-state index in [1.807, 2.05) is 10.9 Å². The topological polar surface area (TPSA) is 151 Å². The number of aliphatic hydroxyl groups is 1. The second-order valence-corrected chi connectivity index (χ2v) is 8.43. The van der Waals surface area contributed by atoms with Crippen LogP contribution in [0.3, 0.4) is 0 Å². The number of likely N-dealkylation sites (tertiary alicyclic amines) is 1. The third kappa shape index (κ3) is 6.03. The first-order chi connectivity index (χ1) is 15.2. The second kappa shape index (κ2) is 9.77. The van der Waals surface area contributed by atoms with Crippen molar-refractivity contribution in [2.75, 3.05) is 30.3 Å². The first kappa shape index (κ1) is 23.2. The smallest absolute Gasteiger partial charge is 0.254 e. The van der Waals surface area contributed by atoms with E-state index in [2.05, 4.69) is 32.3 Å². The number of aromatic nitrogens is 4. The van der Waals surface area contributed by atoms with Gasteiger partial charge in [-0.15, -0.1) is 0 Å². The number of carbonyl (C=O) groups is 2. The minimum absolute atomic E-state index is 0.0698. The van der Waals surface area contributed by atoms with Crippen molar-refractivity contribution in [2.45, 2.75) is 44.8 Å². The molecule has 1 atom stereocenters. The van der Waals surface area contributed by atoms with Gasteiger partial charge in [0.05, 0.1) is 29.1 Å². The van der Waals surface area contributed by atoms with Gasteiger partial charge < -0.3 is 26.4 Å². The Kier molecular flexibility index (Phi) is 7.08. The Morgan fingerprint density at radius 1 is 1.41 bits per heavy atom. The number of primary amides is 1. The summed E-state index contributed by atoms with van der Waals surface area (Å²) in [6.07, 6.45) is 8.44. The van der Waals surface area contributed by atoms with E-state index in [-0.39, 0.29) is 29.3 Å². The van der Waals surface area contributed by atoms with Gasteiger partial charge in [0, 0.05) is 32.0 Å². The Hall–Kier alpha value is -3.47. The van der Waals surface area contributed by atoms with Crippen molar-refractivity contribution < 1.29 is 14.7 Å². The highest BCUT2D eigenvalue weighted by Crippen LogP contribution is 2.24. The number of hydrogen-bond donors (Lipinski definition) is 4. The first-order valence-electron chi connectivity index (χ1n) is 10.5. The molecule has 11 heteroatoms. The van der Waals surface area contributed by atoms with Crippen molar-refractivity contribution in [3.63, 3.8) is 0 Å². The maximum absolute atomic E-state index is 11.9. The molecule has 0 bridgehead atoms. The zero-order valence-corrected chi connectivity index (χ0v) is 18.4. The number of amides is 2. The van der Waals surface area contributed by atoms with Crippen molar-refractivity contribution in [3.8, 4) is 0 Å². The summed E-state index contributed by atoms with van der Waals surface area (Å²) in [7, 11) is 0. The van der Waals surface area contributed by atoms with Crippen LogP contribution in [0.1, 0.15) is 49.5 Å². The Morgan fingerprint density at radius 2 is 2.19 bits per heavy atom. The van der Waals surface area contributed by atoms with Gasteiger partial charge in [-0.25, -0.2) is 4.98 Å². The number of nitrogens with zero attached hydrogens (tertiary/aromatic N) is 5. The summed E-state index contributed by atoms with van der Waals surface area (Å²) in [5, 5.41) is 20.4. The van der Waals surface area contributed by atoms with Gasteiger partial charge in [0.15, 0.2) is 0 Å². The van der Waals surface area contributed by atoms with Crippen LogP contribution in [0.15, 0.2) is 31.2 Å². The second-order valence-electron chi connectivity index (χ2n) is 8.43. The lowest BCUT2D eigenvalue weighted by Gasteiger charge is -2.32. The third-order valence-electron chi connectivity index (χ3n) is 5.20. The predicted octanol–water partition coefficient (Wildman–Crippen LogP) is 1.44. The highest BCUT2D eigenvalue weighted by Gasteiger charge is 2.24. The van der Waals surface area contributed by atoms with Gasteiger partial charge in [0.2, 0.25) is 11.9 Å². The summed E-state index contributed by atoms with van der Waals surface area (Å²) in [6.45, 7) is 8.65. The number of nitrogens with two attached hydrogens (primary N) is 1. The van der Waals surface area contributed by atoms with E-state index in [0.29, 0.717) is 25.2 Å². The first-order valence-corrected chi connectivity index (χ1v) is 10.5. The lowest BCUT2D eigenvalue weighted by molar-refractivity contribution is -0.127. The monoisotopic (exact) mass is 442 g/mol. The number of piperidine rings is 1. The van der Waals surface area contributed by atoms with Crippen LogP contribution >= 0.6 is 0 Å². The van der Waals surface area contributed by atoms with Crippen LogP contribution < -0.4 is 16.4 Å². The van der Waals surface area contributed by atoms with Crippen LogP contribution in [0.5, 0.6) is 0 Å². The number of anilines is 3. The lowest BCUT2D eigenvalue weighted by atomic mass is 10.1. The van der Waals surface area contributed by atoms with E-state index >= 15 is 0 Å². The fourth-order valence-electron chi connectivity index (χ4n) is 3.48. The molecule has 0 aromatic carbocycles. The maximum Gasteiger partial charge on any atom is 0.254 e. The lowest BCUT2D eigenvalue weighted by Crippen LogP contribution is -2.39. The van der Waals surface area contributed by atoms with E-state index in [1.165, 1.54) is 12.3 Å². The minimum atomic E-state index is -0.854. The number of nitrogens with one attached hydrogen (secondary N) is 2. The molecule has 1 aliphatic heterocycles. The maximum atomic E-state index is 11.9. The molecule has 0 spiro atoms. The summed E-state index contributed by atoms with van der Waals surface area (Å²) >= 11 is 0. The molecule has 1 unspecified atom stereocenters. The minimum Gasteiger partial charge on any atom is -0.390 e. The van der Waals surface area contributed by atoms with Gasteiger partial charge in [-0.05, 0) is 39.2 Å². The van der Waals surface area contributed by atoms with E-state index < -0.39 is 11.5 Å². The normalized spacial score (nSPS) is 16.5. The SMILES string of the molecule is C=CC(=O)N1CCCC(n2cc(Nc3ncc(C(N)=O)c(NCCC(C)(C)O)n3)cn2)C1. The van der Waals surface area contributed by atoms with Crippen molar-refractivity contribution in [2.24, 2.45) is 5.73 Å². The van der Waals surface area contributed by atoms with Gasteiger partial charge in [-0.2, -0.15) is 10.1 Å². The highest BCUT2D eigenvalue weighted by atomic mass is 16.3. The highest BCUT2D eigenvalue weighted by molar-refractivity contribution is 5.97. The van der Waals surface area contributed by atoms with Crippen LogP contribution in [-0.2, 0) is 4.79 Å². The van der Waals surface area contributed by atoms with Gasteiger partial charge in [-0.1, -0.05) is 6.58 Å². The molecule has 0 saturated carbocycles. The summed E-state index contributed by atoms with van der Waals surface area (Å²) in [5.74, 6) is -0.163. The van der Waals surface area contributed by atoms with Gasteiger partial charge >= 0.3 is 0 Å². The van der Waals surface area contributed by atoms with Gasteiger partial charge in [0.1, 0.15) is 5.82 Å².